The van der Waals surface area contributed by atoms with Crippen LogP contribution in [0.5, 0.6) is 17.2 Å². The quantitative estimate of drug-likeness (QED) is 0.917. The Morgan fingerprint density at radius 3 is 2.15 bits per heavy atom. The molecule has 0 spiro atoms. The summed E-state index contributed by atoms with van der Waals surface area (Å²) in [6, 6.07) is 5.12. The van der Waals surface area contributed by atoms with Crippen molar-refractivity contribution in [1.82, 2.24) is 0 Å². The molecule has 2 rings (SSSR count). The Balaban J connectivity index is 2.52. The minimum absolute atomic E-state index is 0.514. The van der Waals surface area contributed by atoms with Crippen LogP contribution in [0.4, 0.5) is 0 Å². The summed E-state index contributed by atoms with van der Waals surface area (Å²) in [5.74, 6) is 1.58. The first kappa shape index (κ1) is 15.0. The summed E-state index contributed by atoms with van der Waals surface area (Å²) in [5.41, 5.74) is 0.578. The molecule has 1 aromatic heterocycles. The maximum absolute atomic E-state index is 10.5. The third kappa shape index (κ3) is 2.70. The Morgan fingerprint density at radius 2 is 1.65 bits per heavy atom. The van der Waals surface area contributed by atoms with Gasteiger partial charge in [0.25, 0.3) is 0 Å². The van der Waals surface area contributed by atoms with E-state index in [4.69, 9.17) is 25.8 Å². The SMILES string of the molecule is COc1cc(OC)c(C(O)c2sccc2Cl)cc1OC. The number of hydrogen-bond donors (Lipinski definition) is 1. The van der Waals surface area contributed by atoms with E-state index in [1.807, 2.05) is 5.38 Å². The number of hydrogen-bond acceptors (Lipinski definition) is 5. The molecule has 108 valence electrons. The van der Waals surface area contributed by atoms with Crippen molar-refractivity contribution in [2.45, 2.75) is 6.10 Å². The highest BCUT2D eigenvalue weighted by molar-refractivity contribution is 7.10. The lowest BCUT2D eigenvalue weighted by atomic mass is 10.1. The van der Waals surface area contributed by atoms with E-state index in [1.165, 1.54) is 18.4 Å². The zero-order valence-electron chi connectivity index (χ0n) is 11.3. The standard InChI is InChI=1S/C14H15ClO4S/c1-17-10-7-12(19-3)11(18-2)6-8(10)13(16)14-9(15)4-5-20-14/h4-7,13,16H,1-3H3. The van der Waals surface area contributed by atoms with Gasteiger partial charge >= 0.3 is 0 Å². The lowest BCUT2D eigenvalue weighted by Crippen LogP contribution is -2.03. The van der Waals surface area contributed by atoms with Gasteiger partial charge in [0.15, 0.2) is 11.5 Å². The van der Waals surface area contributed by atoms with Gasteiger partial charge in [-0.25, -0.2) is 0 Å². The number of aliphatic hydroxyl groups is 1. The molecular weight excluding hydrogens is 300 g/mol. The molecule has 0 saturated carbocycles. The van der Waals surface area contributed by atoms with Gasteiger partial charge in [0, 0.05) is 11.6 Å². The molecule has 0 amide bonds. The normalized spacial score (nSPS) is 12.1. The Hall–Kier alpha value is -1.43. The molecule has 0 saturated heterocycles. The van der Waals surface area contributed by atoms with Gasteiger partial charge in [0.2, 0.25) is 0 Å². The molecular formula is C14H15ClO4S. The molecule has 4 nitrogen and oxygen atoms in total. The number of methoxy groups -OCH3 is 3. The fourth-order valence-corrected chi connectivity index (χ4v) is 3.07. The molecule has 1 N–H and O–H groups in total. The van der Waals surface area contributed by atoms with E-state index < -0.39 is 6.10 Å². The predicted molar refractivity (Wildman–Crippen MR) is 79.5 cm³/mol. The van der Waals surface area contributed by atoms with Crippen LogP contribution in [0.1, 0.15) is 16.5 Å². The monoisotopic (exact) mass is 314 g/mol. The topological polar surface area (TPSA) is 47.9 Å². The summed E-state index contributed by atoms with van der Waals surface area (Å²) < 4.78 is 15.8. The van der Waals surface area contributed by atoms with E-state index in [1.54, 1.807) is 32.4 Å². The molecule has 0 aliphatic rings. The van der Waals surface area contributed by atoms with Crippen LogP contribution < -0.4 is 14.2 Å². The third-order valence-corrected chi connectivity index (χ3v) is 4.33. The minimum atomic E-state index is -0.878. The molecule has 0 bridgehead atoms. The second-order valence-electron chi connectivity index (χ2n) is 3.98. The van der Waals surface area contributed by atoms with E-state index in [-0.39, 0.29) is 0 Å². The zero-order valence-corrected chi connectivity index (χ0v) is 12.9. The Bertz CT molecular complexity index is 597. The van der Waals surface area contributed by atoms with Gasteiger partial charge in [0.1, 0.15) is 11.9 Å². The van der Waals surface area contributed by atoms with Gasteiger partial charge in [-0.3, -0.25) is 0 Å². The number of ether oxygens (including phenoxy) is 3. The number of rotatable bonds is 5. The second kappa shape index (κ2) is 6.35. The third-order valence-electron chi connectivity index (χ3n) is 2.92. The smallest absolute Gasteiger partial charge is 0.164 e. The summed E-state index contributed by atoms with van der Waals surface area (Å²) in [6.07, 6.45) is -0.878. The molecule has 0 aliphatic carbocycles. The van der Waals surface area contributed by atoms with Crippen LogP contribution in [-0.2, 0) is 0 Å². The minimum Gasteiger partial charge on any atom is -0.496 e. The highest BCUT2D eigenvalue weighted by Gasteiger charge is 2.22. The van der Waals surface area contributed by atoms with Crippen LogP contribution in [0.25, 0.3) is 0 Å². The Labute approximate surface area is 126 Å². The van der Waals surface area contributed by atoms with Crippen LogP contribution in [0, 0.1) is 0 Å². The van der Waals surface area contributed by atoms with E-state index in [0.717, 1.165) is 0 Å². The van der Waals surface area contributed by atoms with Crippen molar-refractivity contribution in [3.05, 3.63) is 39.0 Å². The average Bonchev–Trinajstić information content (AvgIpc) is 2.91. The number of thiophene rings is 1. The summed E-state index contributed by atoms with van der Waals surface area (Å²) in [4.78, 5) is 0.664. The maximum Gasteiger partial charge on any atom is 0.164 e. The van der Waals surface area contributed by atoms with Crippen molar-refractivity contribution in [3.8, 4) is 17.2 Å². The molecule has 0 aliphatic heterocycles. The lowest BCUT2D eigenvalue weighted by Gasteiger charge is -2.17. The van der Waals surface area contributed by atoms with Crippen molar-refractivity contribution in [2.75, 3.05) is 21.3 Å². The molecule has 1 heterocycles. The van der Waals surface area contributed by atoms with Crippen LogP contribution in [-0.4, -0.2) is 26.4 Å². The molecule has 2 aromatic rings. The van der Waals surface area contributed by atoms with Crippen LogP contribution >= 0.6 is 22.9 Å². The maximum atomic E-state index is 10.5. The van der Waals surface area contributed by atoms with Crippen molar-refractivity contribution >= 4 is 22.9 Å². The fourth-order valence-electron chi connectivity index (χ4n) is 1.91. The van der Waals surface area contributed by atoms with Gasteiger partial charge in [-0.2, -0.15) is 0 Å². The van der Waals surface area contributed by atoms with E-state index in [2.05, 4.69) is 0 Å². The second-order valence-corrected chi connectivity index (χ2v) is 5.34. The van der Waals surface area contributed by atoms with Crippen LogP contribution in [0.2, 0.25) is 5.02 Å². The Kier molecular flexibility index (Phi) is 4.75. The van der Waals surface area contributed by atoms with Crippen molar-refractivity contribution in [3.63, 3.8) is 0 Å². The van der Waals surface area contributed by atoms with Crippen LogP contribution in [0.15, 0.2) is 23.6 Å². The lowest BCUT2D eigenvalue weighted by molar-refractivity contribution is 0.217. The first-order chi connectivity index (χ1) is 9.62. The highest BCUT2D eigenvalue weighted by atomic mass is 35.5. The van der Waals surface area contributed by atoms with Crippen molar-refractivity contribution in [1.29, 1.82) is 0 Å². The summed E-state index contributed by atoms with van der Waals surface area (Å²) in [6.45, 7) is 0. The van der Waals surface area contributed by atoms with Crippen molar-refractivity contribution in [2.24, 2.45) is 0 Å². The molecule has 1 unspecified atom stereocenters. The van der Waals surface area contributed by atoms with E-state index >= 15 is 0 Å². The van der Waals surface area contributed by atoms with Gasteiger partial charge in [0.05, 0.1) is 31.2 Å². The summed E-state index contributed by atoms with van der Waals surface area (Å²) in [7, 11) is 4.62. The van der Waals surface area contributed by atoms with Gasteiger partial charge < -0.3 is 19.3 Å². The van der Waals surface area contributed by atoms with Crippen LogP contribution in [0.3, 0.4) is 0 Å². The predicted octanol–water partition coefficient (Wildman–Crippen LogP) is 3.51. The highest BCUT2D eigenvalue weighted by Crippen LogP contribution is 2.41. The number of halogens is 1. The average molecular weight is 315 g/mol. The number of aliphatic hydroxyl groups excluding tert-OH is 1. The molecule has 1 atom stereocenters. The molecule has 6 heteroatoms. The fraction of sp³-hybridized carbons (Fsp3) is 0.286. The molecule has 1 aromatic carbocycles. The van der Waals surface area contributed by atoms with Gasteiger partial charge in [-0.1, -0.05) is 11.6 Å². The molecule has 0 radical (unpaired) electrons. The van der Waals surface area contributed by atoms with E-state index in [9.17, 15) is 5.11 Å². The first-order valence-electron chi connectivity index (χ1n) is 5.83. The van der Waals surface area contributed by atoms with E-state index in [0.29, 0.717) is 32.7 Å². The van der Waals surface area contributed by atoms with Crippen molar-refractivity contribution < 1.29 is 19.3 Å². The van der Waals surface area contributed by atoms with Gasteiger partial charge in [-0.15, -0.1) is 11.3 Å². The molecule has 20 heavy (non-hydrogen) atoms. The summed E-state index contributed by atoms with van der Waals surface area (Å²) >= 11 is 7.45. The largest absolute Gasteiger partial charge is 0.496 e. The summed E-state index contributed by atoms with van der Waals surface area (Å²) in [5, 5.41) is 12.9. The first-order valence-corrected chi connectivity index (χ1v) is 7.09. The zero-order chi connectivity index (χ0) is 14.7. The Morgan fingerprint density at radius 1 is 1.05 bits per heavy atom. The number of benzene rings is 1. The van der Waals surface area contributed by atoms with Gasteiger partial charge in [-0.05, 0) is 17.5 Å². The molecule has 0 fully saturated rings.